The zero-order valence-electron chi connectivity index (χ0n) is 15.2. The van der Waals surface area contributed by atoms with Crippen LogP contribution in [-0.4, -0.2) is 52.6 Å². The number of fused-ring (bicyclic) bond motifs is 3. The molecule has 1 unspecified atom stereocenters. The van der Waals surface area contributed by atoms with E-state index in [4.69, 9.17) is 10.5 Å². The number of likely N-dealkylation sites (N-methyl/N-ethyl adjacent to an activating group) is 1. The fourth-order valence-corrected chi connectivity index (χ4v) is 4.07. The van der Waals surface area contributed by atoms with Gasteiger partial charge in [-0.15, -0.1) is 11.3 Å². The summed E-state index contributed by atoms with van der Waals surface area (Å²) >= 11 is 0.812. The Hall–Kier alpha value is -3.03. The van der Waals surface area contributed by atoms with Crippen molar-refractivity contribution in [3.8, 4) is 28.8 Å². The van der Waals surface area contributed by atoms with E-state index in [2.05, 4.69) is 16.8 Å². The highest BCUT2D eigenvalue weighted by atomic mass is 32.1. The number of amides is 2. The lowest BCUT2D eigenvalue weighted by molar-refractivity contribution is -0.137. The van der Waals surface area contributed by atoms with Crippen LogP contribution >= 0.6 is 11.3 Å². The third-order valence-corrected chi connectivity index (χ3v) is 5.93. The van der Waals surface area contributed by atoms with E-state index in [-0.39, 0.29) is 45.5 Å². The minimum atomic E-state index is -1.89. The van der Waals surface area contributed by atoms with E-state index >= 15 is 0 Å². The molecule has 29 heavy (non-hydrogen) atoms. The minimum absolute atomic E-state index is 0.0474. The molecule has 7 nitrogen and oxygen atoms in total. The molecule has 3 heterocycles. The fourth-order valence-electron chi connectivity index (χ4n) is 3.18. The number of ether oxygens (including phenoxy) is 1. The first-order valence-electron chi connectivity index (χ1n) is 8.62. The monoisotopic (exact) mass is 419 g/mol. The van der Waals surface area contributed by atoms with Gasteiger partial charge in [-0.2, -0.15) is 0 Å². The van der Waals surface area contributed by atoms with Gasteiger partial charge in [0.1, 0.15) is 18.2 Å². The fraction of sp³-hybridized carbons (Fsp3) is 0.316. The molecule has 1 aromatic carbocycles. The summed E-state index contributed by atoms with van der Waals surface area (Å²) in [5.74, 6) is 2.87. The van der Waals surface area contributed by atoms with Crippen LogP contribution in [0.4, 0.5) is 8.78 Å². The highest BCUT2D eigenvalue weighted by Gasteiger charge is 2.42. The summed E-state index contributed by atoms with van der Waals surface area (Å²) < 4.78 is 34.3. The quantitative estimate of drug-likeness (QED) is 0.680. The van der Waals surface area contributed by atoms with E-state index in [1.54, 1.807) is 0 Å². The molecule has 10 heteroatoms. The molecule has 1 aromatic heterocycles. The molecular formula is C19H15F2N3O4S. The molecule has 2 aliphatic rings. The number of likely N-dealkylation sites (tertiary alicyclic amines) is 1. The van der Waals surface area contributed by atoms with Crippen molar-refractivity contribution in [3.63, 3.8) is 0 Å². The summed E-state index contributed by atoms with van der Waals surface area (Å²) in [5.41, 5.74) is 3.61. The van der Waals surface area contributed by atoms with Gasteiger partial charge in [-0.05, 0) is 6.07 Å². The van der Waals surface area contributed by atoms with Crippen molar-refractivity contribution in [2.24, 2.45) is 5.73 Å². The summed E-state index contributed by atoms with van der Waals surface area (Å²) in [5, 5.41) is 10.3. The number of alkyl halides is 1. The summed E-state index contributed by atoms with van der Waals surface area (Å²) in [6.45, 7) is -0.0358. The Balaban J connectivity index is 1.81. The van der Waals surface area contributed by atoms with Crippen LogP contribution in [-0.2, 0) is 4.79 Å². The topological polar surface area (TPSA) is 106 Å². The normalized spacial score (nSPS) is 22.8. The number of aliphatic hydroxyl groups is 1. The maximum absolute atomic E-state index is 14.5. The van der Waals surface area contributed by atoms with Crippen molar-refractivity contribution in [1.29, 1.82) is 0 Å². The molecule has 1 saturated heterocycles. The van der Waals surface area contributed by atoms with Gasteiger partial charge < -0.3 is 20.5 Å². The first-order valence-corrected chi connectivity index (χ1v) is 9.43. The van der Waals surface area contributed by atoms with E-state index in [1.165, 1.54) is 18.0 Å². The number of carbonyl (C=O) groups excluding carboxylic acids is 2. The highest BCUT2D eigenvalue weighted by molar-refractivity contribution is 7.14. The van der Waals surface area contributed by atoms with Crippen LogP contribution in [0.3, 0.4) is 0 Å². The van der Waals surface area contributed by atoms with Gasteiger partial charge >= 0.3 is 0 Å². The number of nitrogens with two attached hydrogens (primary N) is 1. The van der Waals surface area contributed by atoms with Gasteiger partial charge in [0.25, 0.3) is 11.8 Å². The second-order valence-electron chi connectivity index (χ2n) is 6.79. The van der Waals surface area contributed by atoms with Gasteiger partial charge in [-0.1, -0.05) is 11.8 Å². The molecule has 2 amide bonds. The van der Waals surface area contributed by atoms with Gasteiger partial charge in [0.05, 0.1) is 16.1 Å². The van der Waals surface area contributed by atoms with Gasteiger partial charge in [0, 0.05) is 31.6 Å². The SMILES string of the molecule is CN1CCC(O)(C#Cc2cc3c(cc2F)OC[C@H](F)c2sc(C(N)=O)nc2-3)C1=O. The lowest BCUT2D eigenvalue weighted by Gasteiger charge is -2.13. The number of thiazole rings is 1. The summed E-state index contributed by atoms with van der Waals surface area (Å²) in [4.78, 5) is 29.1. The second kappa shape index (κ2) is 6.79. The number of halogens is 2. The van der Waals surface area contributed by atoms with Crippen LogP contribution < -0.4 is 10.5 Å². The van der Waals surface area contributed by atoms with Crippen molar-refractivity contribution in [2.45, 2.75) is 18.2 Å². The van der Waals surface area contributed by atoms with Crippen LogP contribution in [0, 0.1) is 17.7 Å². The molecule has 1 fully saturated rings. The standard InChI is InChI=1S/C19H15F2N3O4S/c1-24-5-4-19(27,18(24)26)3-2-9-6-10-13(7-11(9)20)28-8-12(21)15-14(10)23-17(29-15)16(22)25/h6-7,12,27H,4-5,8H2,1H3,(H2,22,25)/t12-,19?/m0/s1. The van der Waals surface area contributed by atoms with Crippen LogP contribution in [0.5, 0.6) is 5.75 Å². The highest BCUT2D eigenvalue weighted by Crippen LogP contribution is 2.43. The Morgan fingerprint density at radius 3 is 2.93 bits per heavy atom. The molecule has 0 spiro atoms. The van der Waals surface area contributed by atoms with E-state index in [9.17, 15) is 23.5 Å². The number of primary amides is 1. The third kappa shape index (κ3) is 3.22. The Bertz CT molecular complexity index is 1110. The van der Waals surface area contributed by atoms with Crippen molar-refractivity contribution >= 4 is 23.2 Å². The lowest BCUT2D eigenvalue weighted by Crippen LogP contribution is -2.37. The summed E-state index contributed by atoms with van der Waals surface area (Å²) in [6.07, 6.45) is -1.46. The summed E-state index contributed by atoms with van der Waals surface area (Å²) in [7, 11) is 1.54. The smallest absolute Gasteiger partial charge is 0.277 e. The predicted molar refractivity (Wildman–Crippen MR) is 99.5 cm³/mol. The Kier molecular flexibility index (Phi) is 4.52. The first kappa shape index (κ1) is 19.3. The van der Waals surface area contributed by atoms with E-state index in [1.807, 2.05) is 0 Å². The lowest BCUT2D eigenvalue weighted by atomic mass is 10.0. The number of rotatable bonds is 1. The average Bonchev–Trinajstić information content (AvgIpc) is 3.20. The number of carbonyl (C=O) groups is 2. The first-order chi connectivity index (χ1) is 13.7. The maximum atomic E-state index is 14.5. The zero-order valence-corrected chi connectivity index (χ0v) is 16.0. The van der Waals surface area contributed by atoms with E-state index in [0.717, 1.165) is 17.4 Å². The second-order valence-corrected chi connectivity index (χ2v) is 7.82. The van der Waals surface area contributed by atoms with E-state index < -0.39 is 29.4 Å². The Morgan fingerprint density at radius 2 is 2.28 bits per heavy atom. The predicted octanol–water partition coefficient (Wildman–Crippen LogP) is 1.40. The average molecular weight is 419 g/mol. The maximum Gasteiger partial charge on any atom is 0.277 e. The number of hydrogen-bond donors (Lipinski definition) is 2. The summed E-state index contributed by atoms with van der Waals surface area (Å²) in [6, 6.07) is 2.34. The minimum Gasteiger partial charge on any atom is -0.489 e. The molecule has 2 aliphatic heterocycles. The third-order valence-electron chi connectivity index (χ3n) is 4.77. The van der Waals surface area contributed by atoms with Gasteiger partial charge in [-0.25, -0.2) is 13.8 Å². The number of hydrogen-bond acceptors (Lipinski definition) is 6. The molecule has 0 aliphatic carbocycles. The van der Waals surface area contributed by atoms with Crippen molar-refractivity contribution < 1.29 is 28.2 Å². The molecule has 0 bridgehead atoms. The van der Waals surface area contributed by atoms with Gasteiger partial charge in [-0.3, -0.25) is 9.59 Å². The Morgan fingerprint density at radius 1 is 1.52 bits per heavy atom. The Labute approximate surface area is 168 Å². The van der Waals surface area contributed by atoms with Crippen molar-refractivity contribution in [2.75, 3.05) is 20.2 Å². The van der Waals surface area contributed by atoms with Crippen LogP contribution in [0.2, 0.25) is 0 Å². The van der Waals surface area contributed by atoms with Crippen molar-refractivity contribution in [3.05, 3.63) is 33.4 Å². The molecule has 2 atom stereocenters. The van der Waals surface area contributed by atoms with Crippen molar-refractivity contribution in [1.82, 2.24) is 9.88 Å². The molecule has 0 saturated carbocycles. The molecule has 4 rings (SSSR count). The molecule has 150 valence electrons. The number of aromatic nitrogens is 1. The molecular weight excluding hydrogens is 404 g/mol. The molecule has 2 aromatic rings. The largest absolute Gasteiger partial charge is 0.489 e. The van der Waals surface area contributed by atoms with Gasteiger partial charge in [0.15, 0.2) is 11.2 Å². The number of nitrogens with zero attached hydrogens (tertiary/aromatic N) is 2. The van der Waals surface area contributed by atoms with E-state index in [0.29, 0.717) is 6.54 Å². The zero-order chi connectivity index (χ0) is 20.9. The molecule has 3 N–H and O–H groups in total. The van der Waals surface area contributed by atoms with Crippen LogP contribution in [0.25, 0.3) is 11.3 Å². The molecule has 0 radical (unpaired) electrons. The van der Waals surface area contributed by atoms with Crippen LogP contribution in [0.1, 0.15) is 32.8 Å². The number of benzene rings is 1. The van der Waals surface area contributed by atoms with Crippen LogP contribution in [0.15, 0.2) is 12.1 Å². The van der Waals surface area contributed by atoms with Gasteiger partial charge in [0.2, 0.25) is 5.60 Å².